The van der Waals surface area contributed by atoms with Crippen LogP contribution in [0.2, 0.25) is 5.02 Å². The molecule has 102 valence electrons. The van der Waals surface area contributed by atoms with Crippen molar-refractivity contribution < 1.29 is 5.11 Å². The van der Waals surface area contributed by atoms with Gasteiger partial charge in [0.15, 0.2) is 0 Å². The highest BCUT2D eigenvalue weighted by Crippen LogP contribution is 2.22. The van der Waals surface area contributed by atoms with Crippen molar-refractivity contribution in [1.82, 2.24) is 14.8 Å². The van der Waals surface area contributed by atoms with Crippen LogP contribution in [0.25, 0.3) is 0 Å². The summed E-state index contributed by atoms with van der Waals surface area (Å²) in [5, 5.41) is 15.1. The molecule has 0 saturated carbocycles. The number of benzene rings is 1. The predicted octanol–water partition coefficient (Wildman–Crippen LogP) is 2.93. The number of halogens is 1. The fourth-order valence-electron chi connectivity index (χ4n) is 2.01. The molecular weight excluding hydrogens is 262 g/mol. The summed E-state index contributed by atoms with van der Waals surface area (Å²) in [4.78, 5) is 4.21. The van der Waals surface area contributed by atoms with Gasteiger partial charge in [0.05, 0.1) is 6.10 Å². The maximum Gasteiger partial charge on any atom is 0.138 e. The molecule has 0 amide bonds. The first kappa shape index (κ1) is 14.0. The van der Waals surface area contributed by atoms with Gasteiger partial charge in [0, 0.05) is 18.0 Å². The van der Waals surface area contributed by atoms with Crippen LogP contribution >= 0.6 is 11.6 Å². The molecule has 0 saturated heterocycles. The Kier molecular flexibility index (Phi) is 4.56. The minimum atomic E-state index is -0.587. The zero-order valence-corrected chi connectivity index (χ0v) is 11.9. The van der Waals surface area contributed by atoms with Crippen molar-refractivity contribution in [2.75, 3.05) is 0 Å². The van der Waals surface area contributed by atoms with Crippen LogP contribution in [-0.4, -0.2) is 19.9 Å². The summed E-state index contributed by atoms with van der Waals surface area (Å²) in [6.45, 7) is 4.84. The van der Waals surface area contributed by atoms with Crippen molar-refractivity contribution in [1.29, 1.82) is 0 Å². The molecule has 0 spiro atoms. The predicted molar refractivity (Wildman–Crippen MR) is 75.2 cm³/mol. The van der Waals surface area contributed by atoms with Crippen molar-refractivity contribution in [2.24, 2.45) is 0 Å². The minimum Gasteiger partial charge on any atom is -0.388 e. The fourth-order valence-corrected chi connectivity index (χ4v) is 2.13. The molecule has 5 heteroatoms. The van der Waals surface area contributed by atoms with Crippen LogP contribution in [0.1, 0.15) is 36.4 Å². The molecule has 1 unspecified atom stereocenters. The zero-order chi connectivity index (χ0) is 13.8. The SMILES string of the molecule is CCCn1ncnc1CC(O)c1ccc(Cl)c(C)c1. The van der Waals surface area contributed by atoms with Gasteiger partial charge in [-0.3, -0.25) is 4.68 Å². The second-order valence-electron chi connectivity index (χ2n) is 4.63. The van der Waals surface area contributed by atoms with Crippen molar-refractivity contribution in [2.45, 2.75) is 39.3 Å². The number of aliphatic hydroxyl groups is 1. The van der Waals surface area contributed by atoms with E-state index in [2.05, 4.69) is 17.0 Å². The monoisotopic (exact) mass is 279 g/mol. The fraction of sp³-hybridized carbons (Fsp3) is 0.429. The van der Waals surface area contributed by atoms with E-state index in [1.54, 1.807) is 0 Å². The first-order valence-electron chi connectivity index (χ1n) is 6.42. The third-order valence-electron chi connectivity index (χ3n) is 3.07. The molecule has 0 aliphatic rings. The average Bonchev–Trinajstić information content (AvgIpc) is 2.80. The van der Waals surface area contributed by atoms with E-state index in [4.69, 9.17) is 11.6 Å². The highest BCUT2D eigenvalue weighted by Gasteiger charge is 2.13. The van der Waals surface area contributed by atoms with E-state index in [-0.39, 0.29) is 0 Å². The Hall–Kier alpha value is -1.39. The van der Waals surface area contributed by atoms with Crippen LogP contribution in [0, 0.1) is 6.92 Å². The number of aromatic nitrogens is 3. The first-order chi connectivity index (χ1) is 9.11. The Labute approximate surface area is 118 Å². The zero-order valence-electron chi connectivity index (χ0n) is 11.2. The molecule has 0 bridgehead atoms. The van der Waals surface area contributed by atoms with Crippen LogP contribution < -0.4 is 0 Å². The van der Waals surface area contributed by atoms with E-state index in [0.29, 0.717) is 11.4 Å². The summed E-state index contributed by atoms with van der Waals surface area (Å²) in [6.07, 6.45) is 2.40. The van der Waals surface area contributed by atoms with E-state index < -0.39 is 6.10 Å². The summed E-state index contributed by atoms with van der Waals surface area (Å²) in [6, 6.07) is 5.57. The van der Waals surface area contributed by atoms with Gasteiger partial charge in [-0.2, -0.15) is 5.10 Å². The van der Waals surface area contributed by atoms with Gasteiger partial charge in [0.25, 0.3) is 0 Å². The molecular formula is C14H18ClN3O. The van der Waals surface area contributed by atoms with Gasteiger partial charge >= 0.3 is 0 Å². The molecule has 1 N–H and O–H groups in total. The van der Waals surface area contributed by atoms with Gasteiger partial charge in [-0.1, -0.05) is 30.7 Å². The summed E-state index contributed by atoms with van der Waals surface area (Å²) in [7, 11) is 0. The molecule has 1 heterocycles. The quantitative estimate of drug-likeness (QED) is 0.915. The standard InChI is InChI=1S/C14H18ClN3O/c1-3-6-18-14(16-9-17-18)8-13(19)11-4-5-12(15)10(2)7-11/h4-5,7,9,13,19H,3,6,8H2,1-2H3. The lowest BCUT2D eigenvalue weighted by Crippen LogP contribution is -2.10. The van der Waals surface area contributed by atoms with Crippen LogP contribution in [0.5, 0.6) is 0 Å². The second-order valence-corrected chi connectivity index (χ2v) is 5.04. The maximum absolute atomic E-state index is 10.3. The lowest BCUT2D eigenvalue weighted by molar-refractivity contribution is 0.174. The van der Waals surface area contributed by atoms with Crippen molar-refractivity contribution in [3.8, 4) is 0 Å². The van der Waals surface area contributed by atoms with Crippen LogP contribution in [0.15, 0.2) is 24.5 Å². The van der Waals surface area contributed by atoms with Gasteiger partial charge in [0.2, 0.25) is 0 Å². The number of hydrogen-bond donors (Lipinski definition) is 1. The highest BCUT2D eigenvalue weighted by molar-refractivity contribution is 6.31. The van der Waals surface area contributed by atoms with Crippen molar-refractivity contribution >= 4 is 11.6 Å². The second kappa shape index (κ2) is 6.17. The van der Waals surface area contributed by atoms with E-state index in [1.165, 1.54) is 6.33 Å². The van der Waals surface area contributed by atoms with E-state index in [0.717, 1.165) is 29.9 Å². The van der Waals surface area contributed by atoms with Crippen LogP contribution in [0.3, 0.4) is 0 Å². The van der Waals surface area contributed by atoms with E-state index in [9.17, 15) is 5.11 Å². The summed E-state index contributed by atoms with van der Waals surface area (Å²) < 4.78 is 1.84. The average molecular weight is 280 g/mol. The Morgan fingerprint density at radius 2 is 2.21 bits per heavy atom. The molecule has 0 fully saturated rings. The molecule has 1 aromatic heterocycles. The summed E-state index contributed by atoms with van der Waals surface area (Å²) in [5.74, 6) is 0.807. The number of aryl methyl sites for hydroxylation is 2. The minimum absolute atomic E-state index is 0.459. The Morgan fingerprint density at radius 1 is 1.42 bits per heavy atom. The first-order valence-corrected chi connectivity index (χ1v) is 6.80. The van der Waals surface area contributed by atoms with E-state index in [1.807, 2.05) is 29.8 Å². The molecule has 0 aliphatic heterocycles. The van der Waals surface area contributed by atoms with Gasteiger partial charge in [-0.25, -0.2) is 4.98 Å². The molecule has 2 rings (SSSR count). The van der Waals surface area contributed by atoms with Crippen molar-refractivity contribution in [3.05, 3.63) is 46.5 Å². The molecule has 1 atom stereocenters. The Balaban J connectivity index is 2.13. The smallest absolute Gasteiger partial charge is 0.138 e. The molecule has 1 aromatic carbocycles. The van der Waals surface area contributed by atoms with Gasteiger partial charge in [-0.05, 0) is 30.5 Å². The lowest BCUT2D eigenvalue weighted by atomic mass is 10.0. The van der Waals surface area contributed by atoms with Crippen molar-refractivity contribution in [3.63, 3.8) is 0 Å². The number of aliphatic hydroxyl groups excluding tert-OH is 1. The van der Waals surface area contributed by atoms with Gasteiger partial charge in [0.1, 0.15) is 12.2 Å². The molecule has 4 nitrogen and oxygen atoms in total. The van der Waals surface area contributed by atoms with Gasteiger partial charge in [-0.15, -0.1) is 0 Å². The third-order valence-corrected chi connectivity index (χ3v) is 3.50. The molecule has 19 heavy (non-hydrogen) atoms. The third kappa shape index (κ3) is 3.33. The molecule has 0 aliphatic carbocycles. The number of nitrogens with zero attached hydrogens (tertiary/aromatic N) is 3. The summed E-state index contributed by atoms with van der Waals surface area (Å²) >= 11 is 5.99. The molecule has 0 radical (unpaired) electrons. The van der Waals surface area contributed by atoms with E-state index >= 15 is 0 Å². The largest absolute Gasteiger partial charge is 0.388 e. The topological polar surface area (TPSA) is 50.9 Å². The summed E-state index contributed by atoms with van der Waals surface area (Å²) in [5.41, 5.74) is 1.82. The van der Waals surface area contributed by atoms with Gasteiger partial charge < -0.3 is 5.11 Å². The Morgan fingerprint density at radius 3 is 2.89 bits per heavy atom. The highest BCUT2D eigenvalue weighted by atomic mass is 35.5. The maximum atomic E-state index is 10.3. The molecule has 2 aromatic rings. The number of rotatable bonds is 5. The Bertz CT molecular complexity index is 553. The van der Waals surface area contributed by atoms with Crippen LogP contribution in [0.4, 0.5) is 0 Å². The normalized spacial score (nSPS) is 12.6. The van der Waals surface area contributed by atoms with Crippen LogP contribution in [-0.2, 0) is 13.0 Å². The lowest BCUT2D eigenvalue weighted by Gasteiger charge is -2.12. The number of hydrogen-bond acceptors (Lipinski definition) is 3.